The Morgan fingerprint density at radius 1 is 1.28 bits per heavy atom. The summed E-state index contributed by atoms with van der Waals surface area (Å²) in [5.41, 5.74) is 2.01. The summed E-state index contributed by atoms with van der Waals surface area (Å²) in [6.07, 6.45) is 4.31. The molecule has 1 aliphatic heterocycles. The molecule has 3 aromatic rings. The Kier molecular flexibility index (Phi) is 5.89. The maximum absolute atomic E-state index is 12.5. The van der Waals surface area contributed by atoms with Gasteiger partial charge in [0.2, 0.25) is 11.9 Å². The molecule has 0 unspecified atom stereocenters. The van der Waals surface area contributed by atoms with Crippen LogP contribution >= 0.6 is 11.3 Å². The van der Waals surface area contributed by atoms with Crippen LogP contribution in [0, 0.1) is 19.8 Å². The quantitative estimate of drug-likeness (QED) is 0.676. The van der Waals surface area contributed by atoms with Crippen LogP contribution in [0.3, 0.4) is 0 Å². The van der Waals surface area contributed by atoms with E-state index < -0.39 is 0 Å². The first-order valence-corrected chi connectivity index (χ1v) is 10.9. The van der Waals surface area contributed by atoms with Gasteiger partial charge in [-0.15, -0.1) is 11.3 Å². The predicted molar refractivity (Wildman–Crippen MR) is 115 cm³/mol. The van der Waals surface area contributed by atoms with E-state index in [2.05, 4.69) is 31.7 Å². The molecule has 0 saturated carbocycles. The molecule has 3 aromatic heterocycles. The number of hydrogen-bond donors (Lipinski definition) is 1. The monoisotopic (exact) mass is 410 g/mol. The van der Waals surface area contributed by atoms with Crippen LogP contribution in [0.4, 0.5) is 5.95 Å². The maximum atomic E-state index is 12.5. The summed E-state index contributed by atoms with van der Waals surface area (Å²) in [5, 5.41) is 9.66. The van der Waals surface area contributed by atoms with E-state index >= 15 is 0 Å². The lowest BCUT2D eigenvalue weighted by Gasteiger charge is -2.31. The lowest BCUT2D eigenvalue weighted by atomic mass is 9.96. The molecule has 1 amide bonds. The van der Waals surface area contributed by atoms with Crippen molar-refractivity contribution in [2.24, 2.45) is 5.92 Å². The van der Waals surface area contributed by atoms with Gasteiger partial charge in [-0.3, -0.25) is 4.79 Å². The van der Waals surface area contributed by atoms with Crippen molar-refractivity contribution in [3.63, 3.8) is 0 Å². The Labute approximate surface area is 174 Å². The van der Waals surface area contributed by atoms with Crippen molar-refractivity contribution < 1.29 is 4.79 Å². The number of rotatable bonds is 6. The standard InChI is InChI=1S/C21H26N6OS/c1-15-14-16(2)27(25-15)19-6-10-23-21(24-19)26-11-7-17(8-12-26)20(28)22-9-5-18-4-3-13-29-18/h3-4,6,10,13-14,17H,5,7-9,11-12H2,1-2H3,(H,22,28). The van der Waals surface area contributed by atoms with Gasteiger partial charge in [0.25, 0.3) is 0 Å². The number of nitrogens with zero attached hydrogens (tertiary/aromatic N) is 5. The fourth-order valence-electron chi connectivity index (χ4n) is 3.72. The third kappa shape index (κ3) is 4.64. The zero-order chi connectivity index (χ0) is 20.2. The Bertz CT molecular complexity index is 959. The summed E-state index contributed by atoms with van der Waals surface area (Å²) < 4.78 is 1.84. The van der Waals surface area contributed by atoms with Crippen LogP contribution < -0.4 is 10.2 Å². The van der Waals surface area contributed by atoms with Gasteiger partial charge in [-0.1, -0.05) is 6.07 Å². The molecule has 1 N–H and O–H groups in total. The number of hydrogen-bond acceptors (Lipinski definition) is 6. The van der Waals surface area contributed by atoms with Gasteiger partial charge in [-0.2, -0.15) is 10.1 Å². The third-order valence-corrected chi connectivity index (χ3v) is 6.19. The molecule has 1 saturated heterocycles. The van der Waals surface area contributed by atoms with Crippen LogP contribution in [0.1, 0.15) is 29.1 Å². The number of carbonyl (C=O) groups excluding carboxylic acids is 1. The third-order valence-electron chi connectivity index (χ3n) is 5.25. The first kappa shape index (κ1) is 19.6. The molecule has 152 valence electrons. The lowest BCUT2D eigenvalue weighted by molar-refractivity contribution is -0.125. The molecule has 0 spiro atoms. The first-order valence-electron chi connectivity index (χ1n) is 10.0. The highest BCUT2D eigenvalue weighted by Crippen LogP contribution is 2.22. The molecule has 0 radical (unpaired) electrons. The van der Waals surface area contributed by atoms with E-state index in [-0.39, 0.29) is 11.8 Å². The minimum Gasteiger partial charge on any atom is -0.355 e. The number of aryl methyl sites for hydroxylation is 2. The van der Waals surface area contributed by atoms with Crippen LogP contribution in [0.15, 0.2) is 35.8 Å². The molecule has 7 nitrogen and oxygen atoms in total. The average Bonchev–Trinajstić information content (AvgIpc) is 3.37. The number of amides is 1. The molecule has 1 aliphatic rings. The molecular weight excluding hydrogens is 384 g/mol. The molecule has 0 aromatic carbocycles. The maximum Gasteiger partial charge on any atom is 0.227 e. The minimum absolute atomic E-state index is 0.0637. The molecule has 0 bridgehead atoms. The highest BCUT2D eigenvalue weighted by molar-refractivity contribution is 7.09. The van der Waals surface area contributed by atoms with Crippen molar-refractivity contribution in [3.05, 3.63) is 52.1 Å². The van der Waals surface area contributed by atoms with Gasteiger partial charge in [0.1, 0.15) is 0 Å². The number of carbonyl (C=O) groups is 1. The van der Waals surface area contributed by atoms with Gasteiger partial charge in [0.15, 0.2) is 5.82 Å². The smallest absolute Gasteiger partial charge is 0.227 e. The van der Waals surface area contributed by atoms with E-state index in [4.69, 9.17) is 4.98 Å². The highest BCUT2D eigenvalue weighted by atomic mass is 32.1. The summed E-state index contributed by atoms with van der Waals surface area (Å²) in [6.45, 7) is 6.26. The van der Waals surface area contributed by atoms with Gasteiger partial charge in [-0.05, 0) is 50.6 Å². The van der Waals surface area contributed by atoms with Gasteiger partial charge < -0.3 is 10.2 Å². The zero-order valence-corrected chi connectivity index (χ0v) is 17.7. The topological polar surface area (TPSA) is 75.9 Å². The number of piperidine rings is 1. The second kappa shape index (κ2) is 8.73. The molecule has 4 heterocycles. The molecule has 0 atom stereocenters. The first-order chi connectivity index (χ1) is 14.1. The average molecular weight is 411 g/mol. The minimum atomic E-state index is 0.0637. The van der Waals surface area contributed by atoms with Crippen molar-refractivity contribution in [1.82, 2.24) is 25.1 Å². The van der Waals surface area contributed by atoms with Crippen LogP contribution in [-0.2, 0) is 11.2 Å². The Morgan fingerprint density at radius 3 is 2.79 bits per heavy atom. The molecule has 8 heteroatoms. The molecular formula is C21H26N6OS. The number of thiophene rings is 1. The predicted octanol–water partition coefficient (Wildman–Crippen LogP) is 2.92. The summed E-state index contributed by atoms with van der Waals surface area (Å²) in [6, 6.07) is 8.06. The largest absolute Gasteiger partial charge is 0.355 e. The van der Waals surface area contributed by atoms with Gasteiger partial charge in [0, 0.05) is 48.4 Å². The van der Waals surface area contributed by atoms with Crippen molar-refractivity contribution in [2.45, 2.75) is 33.1 Å². The van der Waals surface area contributed by atoms with Crippen molar-refractivity contribution in [3.8, 4) is 5.82 Å². The summed E-state index contributed by atoms with van der Waals surface area (Å²) in [5.74, 6) is 1.70. The Morgan fingerprint density at radius 2 is 2.10 bits per heavy atom. The van der Waals surface area contributed by atoms with Gasteiger partial charge >= 0.3 is 0 Å². The van der Waals surface area contributed by atoms with E-state index in [0.29, 0.717) is 12.5 Å². The van der Waals surface area contributed by atoms with Crippen molar-refractivity contribution >= 4 is 23.2 Å². The van der Waals surface area contributed by atoms with E-state index in [1.807, 2.05) is 36.7 Å². The summed E-state index contributed by atoms with van der Waals surface area (Å²) in [4.78, 5) is 25.1. The summed E-state index contributed by atoms with van der Waals surface area (Å²) >= 11 is 1.73. The normalized spacial score (nSPS) is 14.9. The van der Waals surface area contributed by atoms with Gasteiger partial charge in [-0.25, -0.2) is 9.67 Å². The second-order valence-corrected chi connectivity index (χ2v) is 8.47. The number of anilines is 1. The zero-order valence-electron chi connectivity index (χ0n) is 16.8. The number of nitrogens with one attached hydrogen (secondary N) is 1. The van der Waals surface area contributed by atoms with E-state index in [0.717, 1.165) is 49.6 Å². The molecule has 4 rings (SSSR count). The SMILES string of the molecule is Cc1cc(C)n(-c2ccnc(N3CCC(C(=O)NCCc4cccs4)CC3)n2)n1. The molecule has 1 fully saturated rings. The van der Waals surface area contributed by atoms with Crippen molar-refractivity contribution in [2.75, 3.05) is 24.5 Å². The number of aromatic nitrogens is 4. The highest BCUT2D eigenvalue weighted by Gasteiger charge is 2.26. The van der Waals surface area contributed by atoms with Crippen LogP contribution in [0.5, 0.6) is 0 Å². The molecule has 29 heavy (non-hydrogen) atoms. The van der Waals surface area contributed by atoms with E-state index in [1.54, 1.807) is 17.5 Å². The van der Waals surface area contributed by atoms with Crippen molar-refractivity contribution in [1.29, 1.82) is 0 Å². The lowest BCUT2D eigenvalue weighted by Crippen LogP contribution is -2.41. The second-order valence-electron chi connectivity index (χ2n) is 7.44. The fourth-order valence-corrected chi connectivity index (χ4v) is 4.43. The fraction of sp³-hybridized carbons (Fsp3) is 0.429. The van der Waals surface area contributed by atoms with E-state index in [9.17, 15) is 4.79 Å². The van der Waals surface area contributed by atoms with Crippen LogP contribution in [-0.4, -0.2) is 45.3 Å². The Balaban J connectivity index is 1.32. The van der Waals surface area contributed by atoms with Crippen LogP contribution in [0.2, 0.25) is 0 Å². The summed E-state index contributed by atoms with van der Waals surface area (Å²) in [7, 11) is 0. The van der Waals surface area contributed by atoms with Crippen LogP contribution in [0.25, 0.3) is 5.82 Å². The van der Waals surface area contributed by atoms with E-state index in [1.165, 1.54) is 4.88 Å². The van der Waals surface area contributed by atoms with Gasteiger partial charge in [0.05, 0.1) is 5.69 Å². The Hall–Kier alpha value is -2.74. The molecule has 0 aliphatic carbocycles.